The predicted octanol–water partition coefficient (Wildman–Crippen LogP) is 2.20. The zero-order valence-corrected chi connectivity index (χ0v) is 13.3. The van der Waals surface area contributed by atoms with Crippen molar-refractivity contribution < 1.29 is 9.26 Å². The topological polar surface area (TPSA) is 93.0 Å². The maximum atomic E-state index is 5.52. The number of pyridine rings is 1. The van der Waals surface area contributed by atoms with Gasteiger partial charge in [0.15, 0.2) is 0 Å². The lowest BCUT2D eigenvalue weighted by Crippen LogP contribution is -2.23. The minimum absolute atomic E-state index is 0.127. The van der Waals surface area contributed by atoms with Gasteiger partial charge in [0.25, 0.3) is 0 Å². The highest BCUT2D eigenvalue weighted by Gasteiger charge is 2.31. The second-order valence-corrected chi connectivity index (χ2v) is 5.71. The van der Waals surface area contributed by atoms with Gasteiger partial charge in [0.1, 0.15) is 5.82 Å². The van der Waals surface area contributed by atoms with E-state index in [9.17, 15) is 0 Å². The van der Waals surface area contributed by atoms with E-state index >= 15 is 0 Å². The van der Waals surface area contributed by atoms with Gasteiger partial charge in [0.05, 0.1) is 19.7 Å². The second kappa shape index (κ2) is 6.40. The Labute approximate surface area is 138 Å². The SMILES string of the molecule is COc1ccc(-c2noc(C3CCCN3Cc3ncc[nH]3)n2)cn1. The van der Waals surface area contributed by atoms with Gasteiger partial charge in [-0.2, -0.15) is 4.98 Å². The monoisotopic (exact) mass is 326 g/mol. The molecule has 0 saturated carbocycles. The number of hydrogen-bond donors (Lipinski definition) is 1. The Bertz CT molecular complexity index is 783. The Hall–Kier alpha value is -2.74. The second-order valence-electron chi connectivity index (χ2n) is 5.71. The van der Waals surface area contributed by atoms with E-state index in [4.69, 9.17) is 9.26 Å². The van der Waals surface area contributed by atoms with Gasteiger partial charge < -0.3 is 14.2 Å². The van der Waals surface area contributed by atoms with Crippen molar-refractivity contribution in [1.29, 1.82) is 0 Å². The fraction of sp³-hybridized carbons (Fsp3) is 0.375. The minimum atomic E-state index is 0.127. The first-order chi connectivity index (χ1) is 11.8. The average Bonchev–Trinajstić information content (AvgIpc) is 3.37. The number of H-pyrrole nitrogens is 1. The van der Waals surface area contributed by atoms with Crippen LogP contribution in [0, 0.1) is 0 Å². The molecule has 0 aliphatic carbocycles. The van der Waals surface area contributed by atoms with E-state index in [-0.39, 0.29) is 6.04 Å². The number of hydrogen-bond acceptors (Lipinski definition) is 7. The normalized spacial score (nSPS) is 18.1. The van der Waals surface area contributed by atoms with Crippen LogP contribution >= 0.6 is 0 Å². The van der Waals surface area contributed by atoms with Crippen LogP contribution in [0.5, 0.6) is 5.88 Å². The van der Waals surface area contributed by atoms with Crippen molar-refractivity contribution in [3.63, 3.8) is 0 Å². The fourth-order valence-electron chi connectivity index (χ4n) is 2.99. The zero-order valence-electron chi connectivity index (χ0n) is 13.3. The van der Waals surface area contributed by atoms with Crippen molar-refractivity contribution in [1.82, 2.24) is 30.0 Å². The van der Waals surface area contributed by atoms with Gasteiger partial charge in [-0.3, -0.25) is 4.90 Å². The third-order valence-electron chi connectivity index (χ3n) is 4.20. The van der Waals surface area contributed by atoms with E-state index < -0.39 is 0 Å². The number of ether oxygens (including phenoxy) is 1. The van der Waals surface area contributed by atoms with Crippen molar-refractivity contribution in [3.8, 4) is 17.3 Å². The van der Waals surface area contributed by atoms with Crippen molar-refractivity contribution in [3.05, 3.63) is 42.4 Å². The standard InChI is InChI=1S/C16H18N6O2/c1-23-14-5-4-11(9-19-14)15-20-16(24-21-15)12-3-2-8-22(12)10-13-17-6-7-18-13/h4-7,9,12H,2-3,8,10H2,1H3,(H,17,18). The molecule has 1 atom stereocenters. The molecule has 3 aromatic heterocycles. The van der Waals surface area contributed by atoms with Crippen molar-refractivity contribution in [2.45, 2.75) is 25.4 Å². The van der Waals surface area contributed by atoms with Gasteiger partial charge in [0.2, 0.25) is 17.6 Å². The quantitative estimate of drug-likeness (QED) is 0.768. The first-order valence-electron chi connectivity index (χ1n) is 7.90. The van der Waals surface area contributed by atoms with Crippen molar-refractivity contribution >= 4 is 0 Å². The molecule has 0 spiro atoms. The molecule has 24 heavy (non-hydrogen) atoms. The molecule has 3 aromatic rings. The van der Waals surface area contributed by atoms with E-state index in [0.717, 1.165) is 37.3 Å². The van der Waals surface area contributed by atoms with E-state index in [1.807, 2.05) is 12.3 Å². The highest BCUT2D eigenvalue weighted by Crippen LogP contribution is 2.32. The average molecular weight is 326 g/mol. The van der Waals surface area contributed by atoms with Gasteiger partial charge in [-0.05, 0) is 25.5 Å². The molecule has 1 N–H and O–H groups in total. The molecular weight excluding hydrogens is 308 g/mol. The first-order valence-corrected chi connectivity index (χ1v) is 7.90. The van der Waals surface area contributed by atoms with E-state index in [2.05, 4.69) is 30.0 Å². The smallest absolute Gasteiger partial charge is 0.244 e. The van der Waals surface area contributed by atoms with Crippen LogP contribution in [0.2, 0.25) is 0 Å². The maximum absolute atomic E-state index is 5.52. The third-order valence-corrected chi connectivity index (χ3v) is 4.20. The molecule has 8 nitrogen and oxygen atoms in total. The van der Waals surface area contributed by atoms with Crippen LogP contribution in [0.25, 0.3) is 11.4 Å². The number of aromatic amines is 1. The molecule has 0 radical (unpaired) electrons. The number of methoxy groups -OCH3 is 1. The molecule has 1 saturated heterocycles. The summed E-state index contributed by atoms with van der Waals surface area (Å²) in [5.74, 6) is 2.69. The van der Waals surface area contributed by atoms with Crippen LogP contribution in [0.3, 0.4) is 0 Å². The van der Waals surface area contributed by atoms with Crippen LogP contribution < -0.4 is 4.74 Å². The number of imidazole rings is 1. The molecular formula is C16H18N6O2. The molecule has 0 amide bonds. The lowest BCUT2D eigenvalue weighted by molar-refractivity contribution is 0.197. The van der Waals surface area contributed by atoms with E-state index in [1.165, 1.54) is 0 Å². The molecule has 4 rings (SSSR count). The van der Waals surface area contributed by atoms with Crippen LogP contribution in [0.4, 0.5) is 0 Å². The van der Waals surface area contributed by atoms with E-state index in [1.54, 1.807) is 25.6 Å². The molecule has 4 heterocycles. The summed E-state index contributed by atoms with van der Waals surface area (Å²) in [5, 5.41) is 4.10. The predicted molar refractivity (Wildman–Crippen MR) is 85.1 cm³/mol. The molecule has 0 bridgehead atoms. The van der Waals surface area contributed by atoms with Gasteiger partial charge in [0, 0.05) is 30.2 Å². The Morgan fingerprint density at radius 2 is 2.33 bits per heavy atom. The van der Waals surface area contributed by atoms with Crippen molar-refractivity contribution in [2.75, 3.05) is 13.7 Å². The molecule has 1 fully saturated rings. The molecule has 1 unspecified atom stereocenters. The Morgan fingerprint density at radius 1 is 1.38 bits per heavy atom. The molecule has 124 valence electrons. The summed E-state index contributed by atoms with van der Waals surface area (Å²) in [6, 6.07) is 3.78. The largest absolute Gasteiger partial charge is 0.481 e. The van der Waals surface area contributed by atoms with Gasteiger partial charge in [-0.15, -0.1) is 0 Å². The summed E-state index contributed by atoms with van der Waals surface area (Å²) >= 11 is 0. The highest BCUT2D eigenvalue weighted by atomic mass is 16.5. The summed E-state index contributed by atoms with van der Waals surface area (Å²) in [7, 11) is 1.59. The molecule has 1 aliphatic rings. The number of likely N-dealkylation sites (tertiary alicyclic amines) is 1. The van der Waals surface area contributed by atoms with Gasteiger partial charge in [-0.1, -0.05) is 5.16 Å². The number of rotatable bonds is 5. The summed E-state index contributed by atoms with van der Waals surface area (Å²) < 4.78 is 10.6. The lowest BCUT2D eigenvalue weighted by atomic mass is 10.2. The number of nitrogens with zero attached hydrogens (tertiary/aromatic N) is 5. The lowest BCUT2D eigenvalue weighted by Gasteiger charge is -2.19. The molecule has 8 heteroatoms. The number of aromatic nitrogens is 5. The Balaban J connectivity index is 1.52. The third kappa shape index (κ3) is 2.88. The highest BCUT2D eigenvalue weighted by molar-refractivity contribution is 5.53. The summed E-state index contributed by atoms with van der Waals surface area (Å²) in [4.78, 5) is 18.5. The minimum Gasteiger partial charge on any atom is -0.481 e. The van der Waals surface area contributed by atoms with Gasteiger partial charge >= 0.3 is 0 Å². The first kappa shape index (κ1) is 14.8. The van der Waals surface area contributed by atoms with Crippen molar-refractivity contribution in [2.24, 2.45) is 0 Å². The molecule has 0 aromatic carbocycles. The summed E-state index contributed by atoms with van der Waals surface area (Å²) in [6.07, 6.45) is 7.39. The fourth-order valence-corrected chi connectivity index (χ4v) is 2.99. The van der Waals surface area contributed by atoms with Crippen LogP contribution in [0.1, 0.15) is 30.6 Å². The summed E-state index contributed by atoms with van der Waals surface area (Å²) in [5.41, 5.74) is 0.807. The Kier molecular flexibility index (Phi) is 3.96. The van der Waals surface area contributed by atoms with Gasteiger partial charge in [-0.25, -0.2) is 9.97 Å². The zero-order chi connectivity index (χ0) is 16.4. The van der Waals surface area contributed by atoms with Crippen LogP contribution in [-0.4, -0.2) is 43.6 Å². The number of nitrogens with one attached hydrogen (secondary N) is 1. The summed E-state index contributed by atoms with van der Waals surface area (Å²) in [6.45, 7) is 1.74. The molecule has 1 aliphatic heterocycles. The van der Waals surface area contributed by atoms with Crippen LogP contribution in [-0.2, 0) is 6.54 Å². The Morgan fingerprint density at radius 3 is 3.08 bits per heavy atom. The maximum Gasteiger partial charge on any atom is 0.244 e. The van der Waals surface area contributed by atoms with Crippen LogP contribution in [0.15, 0.2) is 35.2 Å². The van der Waals surface area contributed by atoms with E-state index in [0.29, 0.717) is 17.6 Å².